The zero-order chi connectivity index (χ0) is 20.5. The molecule has 1 aromatic heterocycles. The van der Waals surface area contributed by atoms with E-state index in [1.165, 1.54) is 17.3 Å². The molecule has 1 aliphatic rings. The van der Waals surface area contributed by atoms with E-state index in [0.717, 1.165) is 11.3 Å². The van der Waals surface area contributed by atoms with E-state index in [1.807, 2.05) is 75.4 Å². The summed E-state index contributed by atoms with van der Waals surface area (Å²) in [6, 6.07) is 17.9. The van der Waals surface area contributed by atoms with Crippen LogP contribution in [0.3, 0.4) is 0 Å². The van der Waals surface area contributed by atoms with Gasteiger partial charge in [-0.05, 0) is 32.9 Å². The molecule has 1 saturated heterocycles. The van der Waals surface area contributed by atoms with Crippen molar-refractivity contribution in [3.8, 4) is 17.1 Å². The summed E-state index contributed by atoms with van der Waals surface area (Å²) >= 11 is 6.70. The average Bonchev–Trinajstić information content (AvgIpc) is 3.24. The van der Waals surface area contributed by atoms with Gasteiger partial charge in [0.25, 0.3) is 5.91 Å². The van der Waals surface area contributed by atoms with Crippen LogP contribution in [0.2, 0.25) is 0 Å². The lowest BCUT2D eigenvalue weighted by Crippen LogP contribution is -2.34. The Morgan fingerprint density at radius 2 is 1.76 bits per heavy atom. The van der Waals surface area contributed by atoms with Crippen molar-refractivity contribution in [1.29, 1.82) is 0 Å². The number of rotatable bonds is 4. The van der Waals surface area contributed by atoms with Gasteiger partial charge in [0, 0.05) is 17.7 Å². The van der Waals surface area contributed by atoms with Crippen molar-refractivity contribution in [3.05, 3.63) is 70.9 Å². The topological polar surface area (TPSA) is 51.0 Å². The smallest absolute Gasteiger partial charge is 0.266 e. The van der Waals surface area contributed by atoms with Crippen molar-refractivity contribution in [3.63, 3.8) is 0 Å². The first-order valence-corrected chi connectivity index (χ1v) is 10.5. The van der Waals surface area contributed by atoms with Crippen LogP contribution in [0.4, 0.5) is 0 Å². The molecule has 0 atom stereocenters. The second-order valence-electron chi connectivity index (χ2n) is 7.05. The van der Waals surface area contributed by atoms with Crippen LogP contribution in [0.25, 0.3) is 23.2 Å². The van der Waals surface area contributed by atoms with E-state index < -0.39 is 0 Å². The molecule has 0 unspecified atom stereocenters. The molecule has 0 spiro atoms. The minimum absolute atomic E-state index is 0.0171. The van der Waals surface area contributed by atoms with Gasteiger partial charge < -0.3 is 0 Å². The molecule has 0 N–H and O–H groups in total. The largest absolute Gasteiger partial charge is 0.290 e. The highest BCUT2D eigenvalue weighted by Crippen LogP contribution is 2.34. The minimum Gasteiger partial charge on any atom is -0.290 e. The second-order valence-corrected chi connectivity index (χ2v) is 8.73. The predicted octanol–water partition coefficient (Wildman–Crippen LogP) is 4.85. The first-order chi connectivity index (χ1) is 13.9. The summed E-state index contributed by atoms with van der Waals surface area (Å²) in [4.78, 5) is 19.7. The lowest BCUT2D eigenvalue weighted by Gasteiger charge is -2.18. The molecular weight excluding hydrogens is 400 g/mol. The van der Waals surface area contributed by atoms with E-state index in [-0.39, 0.29) is 11.9 Å². The third-order valence-electron chi connectivity index (χ3n) is 4.54. The fourth-order valence-corrected chi connectivity index (χ4v) is 4.54. The maximum atomic E-state index is 12.8. The van der Waals surface area contributed by atoms with Gasteiger partial charge in [-0.2, -0.15) is 0 Å². The number of hydrogen-bond acceptors (Lipinski definition) is 5. The Morgan fingerprint density at radius 3 is 2.38 bits per heavy atom. The first kappa shape index (κ1) is 19.5. The van der Waals surface area contributed by atoms with Crippen LogP contribution in [-0.2, 0) is 4.79 Å². The molecule has 1 amide bonds. The molecule has 5 nitrogen and oxygen atoms in total. The molecular formula is C22H20N4OS2. The SMILES string of the molecule is Cc1ccc(-c2nc(/C=C3/SC(=S)N(C(C)C)C3=O)n(-c3ccccc3)n2)cc1. The van der Waals surface area contributed by atoms with Crippen molar-refractivity contribution in [2.24, 2.45) is 0 Å². The van der Waals surface area contributed by atoms with Crippen LogP contribution < -0.4 is 0 Å². The Kier molecular flexibility index (Phi) is 5.34. The Bertz CT molecular complexity index is 1100. The van der Waals surface area contributed by atoms with Crippen LogP contribution in [0, 0.1) is 6.92 Å². The molecule has 0 aliphatic carbocycles. The van der Waals surface area contributed by atoms with Gasteiger partial charge in [0.05, 0.1) is 10.6 Å². The highest BCUT2D eigenvalue weighted by Gasteiger charge is 2.34. The summed E-state index contributed by atoms with van der Waals surface area (Å²) in [6.45, 7) is 5.95. The number of aromatic nitrogens is 3. The number of para-hydroxylation sites is 1. The van der Waals surface area contributed by atoms with Gasteiger partial charge in [-0.1, -0.05) is 72.0 Å². The van der Waals surface area contributed by atoms with Gasteiger partial charge in [-0.3, -0.25) is 9.69 Å². The van der Waals surface area contributed by atoms with Crippen LogP contribution >= 0.6 is 24.0 Å². The zero-order valence-corrected chi connectivity index (χ0v) is 18.0. The first-order valence-electron chi connectivity index (χ1n) is 9.30. The lowest BCUT2D eigenvalue weighted by molar-refractivity contribution is -0.123. The number of carbonyl (C=O) groups excluding carboxylic acids is 1. The van der Waals surface area contributed by atoms with Crippen molar-refractivity contribution in [2.75, 3.05) is 0 Å². The van der Waals surface area contributed by atoms with Crippen LogP contribution in [0.1, 0.15) is 25.2 Å². The number of nitrogens with zero attached hydrogens (tertiary/aromatic N) is 4. The fourth-order valence-electron chi connectivity index (χ4n) is 3.04. The molecule has 1 aliphatic heterocycles. The van der Waals surface area contributed by atoms with E-state index in [1.54, 1.807) is 15.7 Å². The molecule has 0 saturated carbocycles. The molecule has 4 rings (SSSR count). The van der Waals surface area contributed by atoms with Crippen molar-refractivity contribution in [2.45, 2.75) is 26.8 Å². The average molecular weight is 421 g/mol. The molecule has 146 valence electrons. The monoisotopic (exact) mass is 420 g/mol. The molecule has 2 aromatic carbocycles. The van der Waals surface area contributed by atoms with Gasteiger partial charge in [0.15, 0.2) is 11.6 Å². The zero-order valence-electron chi connectivity index (χ0n) is 16.4. The number of amides is 1. The molecule has 0 radical (unpaired) electrons. The maximum Gasteiger partial charge on any atom is 0.266 e. The molecule has 3 aromatic rings. The van der Waals surface area contributed by atoms with Gasteiger partial charge in [0.2, 0.25) is 0 Å². The number of thioether (sulfide) groups is 1. The van der Waals surface area contributed by atoms with Crippen LogP contribution in [0.5, 0.6) is 0 Å². The number of carbonyl (C=O) groups is 1. The predicted molar refractivity (Wildman–Crippen MR) is 122 cm³/mol. The number of thiocarbonyl (C=S) groups is 1. The summed E-state index contributed by atoms with van der Waals surface area (Å²) in [6.07, 6.45) is 1.78. The van der Waals surface area contributed by atoms with Gasteiger partial charge >= 0.3 is 0 Å². The summed E-state index contributed by atoms with van der Waals surface area (Å²) in [5.41, 5.74) is 2.98. The van der Waals surface area contributed by atoms with Crippen LogP contribution in [-0.4, -0.2) is 35.9 Å². The van der Waals surface area contributed by atoms with E-state index >= 15 is 0 Å². The second kappa shape index (κ2) is 7.93. The lowest BCUT2D eigenvalue weighted by atomic mass is 10.1. The Labute approximate surface area is 179 Å². The van der Waals surface area contributed by atoms with E-state index in [4.69, 9.17) is 22.3 Å². The third kappa shape index (κ3) is 3.88. The summed E-state index contributed by atoms with van der Waals surface area (Å²) in [5.74, 6) is 1.12. The Balaban J connectivity index is 1.81. The highest BCUT2D eigenvalue weighted by atomic mass is 32.2. The van der Waals surface area contributed by atoms with Crippen molar-refractivity contribution < 1.29 is 4.79 Å². The van der Waals surface area contributed by atoms with E-state index in [2.05, 4.69) is 0 Å². The molecule has 2 heterocycles. The van der Waals surface area contributed by atoms with Gasteiger partial charge in [-0.15, -0.1) is 5.10 Å². The normalized spacial score (nSPS) is 15.7. The third-order valence-corrected chi connectivity index (χ3v) is 5.87. The van der Waals surface area contributed by atoms with Gasteiger partial charge in [-0.25, -0.2) is 9.67 Å². The standard InChI is InChI=1S/C22H20N4OS2/c1-14(2)25-21(27)18(29-22(25)28)13-19-23-20(16-11-9-15(3)10-12-16)24-26(19)17-7-5-4-6-8-17/h4-14H,1-3H3/b18-13+. The maximum absolute atomic E-state index is 12.8. The summed E-state index contributed by atoms with van der Waals surface area (Å²) in [5, 5.41) is 4.71. The molecule has 7 heteroatoms. The number of hydrogen-bond donors (Lipinski definition) is 0. The Morgan fingerprint density at radius 1 is 1.07 bits per heavy atom. The summed E-state index contributed by atoms with van der Waals surface area (Å²) in [7, 11) is 0. The fraction of sp³-hybridized carbons (Fsp3) is 0.182. The summed E-state index contributed by atoms with van der Waals surface area (Å²) < 4.78 is 2.33. The van der Waals surface area contributed by atoms with Crippen molar-refractivity contribution in [1.82, 2.24) is 19.7 Å². The number of benzene rings is 2. The number of aryl methyl sites for hydroxylation is 1. The minimum atomic E-state index is -0.0884. The van der Waals surface area contributed by atoms with Gasteiger partial charge in [0.1, 0.15) is 4.32 Å². The molecule has 1 fully saturated rings. The Hall–Kier alpha value is -2.77. The molecule has 0 bridgehead atoms. The van der Waals surface area contributed by atoms with Crippen molar-refractivity contribution >= 4 is 40.3 Å². The highest BCUT2D eigenvalue weighted by molar-refractivity contribution is 8.26. The van der Waals surface area contributed by atoms with E-state index in [0.29, 0.717) is 20.9 Å². The van der Waals surface area contributed by atoms with E-state index in [9.17, 15) is 4.79 Å². The van der Waals surface area contributed by atoms with Crippen LogP contribution in [0.15, 0.2) is 59.5 Å². The molecule has 29 heavy (non-hydrogen) atoms. The quantitative estimate of drug-likeness (QED) is 0.446.